The number of amides is 1. The van der Waals surface area contributed by atoms with Gasteiger partial charge in [-0.1, -0.05) is 19.3 Å². The molecule has 1 aromatic heterocycles. The number of methoxy groups -OCH3 is 2. The van der Waals surface area contributed by atoms with E-state index in [0.29, 0.717) is 41.5 Å². The van der Waals surface area contributed by atoms with Crippen LogP contribution in [0.5, 0.6) is 11.5 Å². The zero-order valence-electron chi connectivity index (χ0n) is 18.9. The summed E-state index contributed by atoms with van der Waals surface area (Å²) in [5.74, 6) is 0.810. The number of piperazine rings is 1. The lowest BCUT2D eigenvalue weighted by atomic mass is 9.94. The summed E-state index contributed by atoms with van der Waals surface area (Å²) in [4.78, 5) is 45.3. The zero-order chi connectivity index (χ0) is 22.7. The van der Waals surface area contributed by atoms with Crippen LogP contribution >= 0.6 is 0 Å². The van der Waals surface area contributed by atoms with Crippen molar-refractivity contribution in [3.8, 4) is 11.5 Å². The molecule has 0 radical (unpaired) electrons. The Kier molecular flexibility index (Phi) is 6.83. The Morgan fingerprint density at radius 1 is 1.00 bits per heavy atom. The number of rotatable bonds is 6. The van der Waals surface area contributed by atoms with Gasteiger partial charge < -0.3 is 19.4 Å². The van der Waals surface area contributed by atoms with Gasteiger partial charge in [0.15, 0.2) is 11.5 Å². The molecular formula is C23H32N4O5. The summed E-state index contributed by atoms with van der Waals surface area (Å²) in [7, 11) is 2.98. The van der Waals surface area contributed by atoms with Crippen LogP contribution in [0.2, 0.25) is 0 Å². The van der Waals surface area contributed by atoms with E-state index in [4.69, 9.17) is 9.47 Å². The van der Waals surface area contributed by atoms with Gasteiger partial charge in [-0.2, -0.15) is 0 Å². The first-order valence-electron chi connectivity index (χ1n) is 11.4. The second kappa shape index (κ2) is 9.77. The van der Waals surface area contributed by atoms with E-state index in [-0.39, 0.29) is 18.9 Å². The molecule has 0 unspecified atom stereocenters. The molecule has 2 aromatic rings. The molecule has 174 valence electrons. The summed E-state index contributed by atoms with van der Waals surface area (Å²) < 4.78 is 11.6. The summed E-state index contributed by atoms with van der Waals surface area (Å²) in [6.07, 6.45) is 6.58. The Bertz CT molecular complexity index is 1080. The van der Waals surface area contributed by atoms with E-state index in [9.17, 15) is 14.4 Å². The molecule has 1 saturated heterocycles. The van der Waals surface area contributed by atoms with Crippen LogP contribution in [0.4, 0.5) is 0 Å². The number of ether oxygens (including phenoxy) is 2. The smallest absolute Gasteiger partial charge is 0.328 e. The molecule has 2 aliphatic rings. The summed E-state index contributed by atoms with van der Waals surface area (Å²) in [6.45, 7) is 3.24. The summed E-state index contributed by atoms with van der Waals surface area (Å²) in [5.41, 5.74) is -0.608. The summed E-state index contributed by atoms with van der Waals surface area (Å²) in [5, 5.41) is 0.316. The van der Waals surface area contributed by atoms with Crippen molar-refractivity contribution in [3.05, 3.63) is 33.0 Å². The van der Waals surface area contributed by atoms with Gasteiger partial charge in [0.2, 0.25) is 5.91 Å². The summed E-state index contributed by atoms with van der Waals surface area (Å²) >= 11 is 0. The number of nitrogens with one attached hydrogen (secondary N) is 1. The quantitative estimate of drug-likeness (QED) is 0.727. The molecule has 1 saturated carbocycles. The predicted molar refractivity (Wildman–Crippen MR) is 122 cm³/mol. The van der Waals surface area contributed by atoms with Crippen molar-refractivity contribution in [2.45, 2.75) is 51.1 Å². The fourth-order valence-electron chi connectivity index (χ4n) is 4.93. The molecule has 1 aliphatic heterocycles. The Morgan fingerprint density at radius 2 is 1.66 bits per heavy atom. The van der Waals surface area contributed by atoms with Crippen molar-refractivity contribution in [3.63, 3.8) is 0 Å². The highest BCUT2D eigenvalue weighted by Gasteiger charge is 2.27. The highest BCUT2D eigenvalue weighted by molar-refractivity contribution is 5.81. The van der Waals surface area contributed by atoms with Crippen molar-refractivity contribution in [2.75, 3.05) is 40.4 Å². The molecular weight excluding hydrogens is 412 g/mol. The molecule has 1 amide bonds. The lowest BCUT2D eigenvalue weighted by molar-refractivity contribution is -0.133. The SMILES string of the molecule is COc1cc2[nH]c(=O)n(CCC(=O)N3CCN(C4CCCCC4)CC3)c(=O)c2cc1OC. The molecule has 1 N–H and O–H groups in total. The molecule has 2 fully saturated rings. The molecule has 4 rings (SSSR count). The number of carbonyl (C=O) groups is 1. The van der Waals surface area contributed by atoms with E-state index in [1.165, 1.54) is 46.3 Å². The maximum absolute atomic E-state index is 12.9. The lowest BCUT2D eigenvalue weighted by Crippen LogP contribution is -2.52. The number of hydrogen-bond donors (Lipinski definition) is 1. The van der Waals surface area contributed by atoms with E-state index in [2.05, 4.69) is 9.88 Å². The van der Waals surface area contributed by atoms with Crippen molar-refractivity contribution >= 4 is 16.8 Å². The summed E-state index contributed by atoms with van der Waals surface area (Å²) in [6, 6.07) is 3.78. The van der Waals surface area contributed by atoms with Crippen LogP contribution in [-0.4, -0.2) is 71.7 Å². The average Bonchev–Trinajstić information content (AvgIpc) is 2.83. The minimum atomic E-state index is -0.537. The number of aromatic amines is 1. The molecule has 0 atom stereocenters. The Labute approximate surface area is 186 Å². The number of hydrogen-bond acceptors (Lipinski definition) is 6. The van der Waals surface area contributed by atoms with Gasteiger partial charge in [0.1, 0.15) is 0 Å². The molecule has 0 spiro atoms. The normalized spacial score (nSPS) is 18.1. The van der Waals surface area contributed by atoms with Crippen LogP contribution in [0.3, 0.4) is 0 Å². The van der Waals surface area contributed by atoms with Gasteiger partial charge >= 0.3 is 5.69 Å². The number of aromatic nitrogens is 2. The van der Waals surface area contributed by atoms with Crippen LogP contribution in [-0.2, 0) is 11.3 Å². The van der Waals surface area contributed by atoms with E-state index in [1.54, 1.807) is 12.1 Å². The third kappa shape index (κ3) is 4.53. The van der Waals surface area contributed by atoms with E-state index < -0.39 is 11.2 Å². The van der Waals surface area contributed by atoms with Gasteiger partial charge in [-0.3, -0.25) is 19.1 Å². The van der Waals surface area contributed by atoms with E-state index in [0.717, 1.165) is 17.7 Å². The first-order chi connectivity index (χ1) is 15.5. The first kappa shape index (κ1) is 22.4. The Morgan fingerprint density at radius 3 is 2.31 bits per heavy atom. The molecule has 1 aliphatic carbocycles. The number of H-pyrrole nitrogens is 1. The highest BCUT2D eigenvalue weighted by Crippen LogP contribution is 2.29. The molecule has 2 heterocycles. The van der Waals surface area contributed by atoms with Gasteiger partial charge in [-0.15, -0.1) is 0 Å². The van der Waals surface area contributed by atoms with E-state index in [1.807, 2.05) is 4.90 Å². The van der Waals surface area contributed by atoms with Crippen LogP contribution in [0.1, 0.15) is 38.5 Å². The van der Waals surface area contributed by atoms with Gasteiger partial charge in [0, 0.05) is 51.3 Å². The highest BCUT2D eigenvalue weighted by atomic mass is 16.5. The molecule has 9 nitrogen and oxygen atoms in total. The molecule has 1 aromatic carbocycles. The van der Waals surface area contributed by atoms with Crippen LogP contribution < -0.4 is 20.7 Å². The second-order valence-electron chi connectivity index (χ2n) is 8.60. The van der Waals surface area contributed by atoms with Crippen molar-refractivity contribution in [1.29, 1.82) is 0 Å². The van der Waals surface area contributed by atoms with Crippen LogP contribution in [0.25, 0.3) is 10.9 Å². The van der Waals surface area contributed by atoms with Crippen molar-refractivity contribution in [1.82, 2.24) is 19.4 Å². The van der Waals surface area contributed by atoms with E-state index >= 15 is 0 Å². The minimum Gasteiger partial charge on any atom is -0.493 e. The van der Waals surface area contributed by atoms with Crippen LogP contribution in [0, 0.1) is 0 Å². The van der Waals surface area contributed by atoms with Gasteiger partial charge in [0.25, 0.3) is 5.56 Å². The number of benzene rings is 1. The number of fused-ring (bicyclic) bond motifs is 1. The fourth-order valence-corrected chi connectivity index (χ4v) is 4.93. The molecule has 32 heavy (non-hydrogen) atoms. The molecule has 9 heteroatoms. The minimum absolute atomic E-state index is 0.0213. The maximum Gasteiger partial charge on any atom is 0.328 e. The van der Waals surface area contributed by atoms with Crippen molar-refractivity contribution < 1.29 is 14.3 Å². The maximum atomic E-state index is 12.9. The third-order valence-corrected chi connectivity index (χ3v) is 6.79. The van der Waals surface area contributed by atoms with Gasteiger partial charge in [-0.25, -0.2) is 4.79 Å². The average molecular weight is 445 g/mol. The Balaban J connectivity index is 1.42. The third-order valence-electron chi connectivity index (χ3n) is 6.79. The van der Waals surface area contributed by atoms with Crippen molar-refractivity contribution in [2.24, 2.45) is 0 Å². The zero-order valence-corrected chi connectivity index (χ0v) is 18.9. The van der Waals surface area contributed by atoms with Crippen LogP contribution in [0.15, 0.2) is 21.7 Å². The lowest BCUT2D eigenvalue weighted by Gasteiger charge is -2.40. The topological polar surface area (TPSA) is 96.9 Å². The second-order valence-corrected chi connectivity index (χ2v) is 8.60. The standard InChI is InChI=1S/C23H32N4O5/c1-31-19-14-17-18(15-20(19)32-2)24-23(30)27(22(17)29)9-8-21(28)26-12-10-25(11-13-26)16-6-4-3-5-7-16/h14-16H,3-13H2,1-2H3,(H,24,30). The first-order valence-corrected chi connectivity index (χ1v) is 11.4. The van der Waals surface area contributed by atoms with Gasteiger partial charge in [0.05, 0.1) is 25.1 Å². The fraction of sp³-hybridized carbons (Fsp3) is 0.609. The largest absolute Gasteiger partial charge is 0.493 e. The molecule has 0 bridgehead atoms. The Hall–Kier alpha value is -2.81. The monoisotopic (exact) mass is 444 g/mol. The number of nitrogens with zero attached hydrogens (tertiary/aromatic N) is 3. The number of carbonyl (C=O) groups excluding carboxylic acids is 1. The predicted octanol–water partition coefficient (Wildman–Crippen LogP) is 1.57. The van der Waals surface area contributed by atoms with Gasteiger partial charge in [-0.05, 0) is 18.9 Å².